The molecule has 0 aliphatic heterocycles. The number of carbonyl (C=O) groups is 1. The second kappa shape index (κ2) is 7.90. The molecule has 0 saturated heterocycles. The molecule has 1 N–H and O–H groups in total. The van der Waals surface area contributed by atoms with Crippen molar-refractivity contribution in [2.75, 3.05) is 0 Å². The Morgan fingerprint density at radius 1 is 1.33 bits per heavy atom. The van der Waals surface area contributed by atoms with Crippen molar-refractivity contribution in [3.63, 3.8) is 0 Å². The van der Waals surface area contributed by atoms with Crippen LogP contribution in [0.4, 0.5) is 13.2 Å². The first-order valence-corrected chi connectivity index (χ1v) is 6.92. The van der Waals surface area contributed by atoms with Crippen LogP contribution >= 0.6 is 0 Å². The molecule has 0 fully saturated rings. The molecule has 0 aliphatic rings. The van der Waals surface area contributed by atoms with E-state index < -0.39 is 6.36 Å². The van der Waals surface area contributed by atoms with Gasteiger partial charge in [0.15, 0.2) is 0 Å². The summed E-state index contributed by atoms with van der Waals surface area (Å²) in [6, 6.07) is 5.78. The fourth-order valence-electron chi connectivity index (χ4n) is 2.05. The minimum atomic E-state index is -4.74. The van der Waals surface area contributed by atoms with Crippen LogP contribution in [-0.4, -0.2) is 12.3 Å². The Morgan fingerprint density at radius 3 is 2.62 bits per heavy atom. The number of hydrogen-bond donors (Lipinski definition) is 1. The summed E-state index contributed by atoms with van der Waals surface area (Å²) in [6.07, 6.45) is -2.43. The highest BCUT2D eigenvalue weighted by Gasteiger charge is 2.31. The third kappa shape index (κ3) is 7.02. The smallest absolute Gasteiger partial charge is 0.405 e. The molecule has 1 aromatic carbocycles. The highest BCUT2D eigenvalue weighted by Crippen LogP contribution is 2.26. The van der Waals surface area contributed by atoms with Gasteiger partial charge in [0, 0.05) is 18.5 Å². The number of ether oxygens (including phenoxy) is 1. The first-order valence-electron chi connectivity index (χ1n) is 6.92. The molecule has 3 nitrogen and oxygen atoms in total. The zero-order chi connectivity index (χ0) is 15.9. The highest BCUT2D eigenvalue weighted by molar-refractivity contribution is 5.76. The zero-order valence-electron chi connectivity index (χ0n) is 12.2. The zero-order valence-corrected chi connectivity index (χ0v) is 12.2. The Hall–Kier alpha value is -1.72. The third-order valence-electron chi connectivity index (χ3n) is 2.99. The highest BCUT2D eigenvalue weighted by atomic mass is 19.4. The van der Waals surface area contributed by atoms with Crippen molar-refractivity contribution in [2.24, 2.45) is 5.92 Å². The van der Waals surface area contributed by atoms with E-state index in [0.717, 1.165) is 12.8 Å². The number of halogens is 3. The average molecular weight is 303 g/mol. The van der Waals surface area contributed by atoms with Crippen LogP contribution in [0.15, 0.2) is 24.3 Å². The first-order chi connectivity index (χ1) is 9.81. The van der Waals surface area contributed by atoms with Crippen LogP contribution in [0, 0.1) is 5.92 Å². The molecule has 0 heterocycles. The second-order valence-corrected chi connectivity index (χ2v) is 5.03. The van der Waals surface area contributed by atoms with Crippen LogP contribution < -0.4 is 10.1 Å². The number of nitrogens with one attached hydrogen (secondary N) is 1. The molecule has 1 rings (SSSR count). The van der Waals surface area contributed by atoms with Crippen LogP contribution in [0.2, 0.25) is 0 Å². The molecule has 0 aromatic heterocycles. The predicted octanol–water partition coefficient (Wildman–Crippen LogP) is 4.03. The Kier molecular flexibility index (Phi) is 6.52. The molecule has 21 heavy (non-hydrogen) atoms. The molecular formula is C15H20F3NO2. The summed E-state index contributed by atoms with van der Waals surface area (Å²) in [5, 5.41) is 2.63. The van der Waals surface area contributed by atoms with Crippen molar-refractivity contribution in [2.45, 2.75) is 46.0 Å². The van der Waals surface area contributed by atoms with Crippen LogP contribution in [0.25, 0.3) is 0 Å². The maximum Gasteiger partial charge on any atom is 0.573 e. The van der Waals surface area contributed by atoms with Gasteiger partial charge in [0.25, 0.3) is 0 Å². The fraction of sp³-hybridized carbons (Fsp3) is 0.533. The van der Waals surface area contributed by atoms with Gasteiger partial charge in [-0.25, -0.2) is 0 Å². The summed E-state index contributed by atoms with van der Waals surface area (Å²) < 4.78 is 40.7. The Balaban J connectivity index is 2.57. The van der Waals surface area contributed by atoms with Crippen molar-refractivity contribution < 1.29 is 22.7 Å². The van der Waals surface area contributed by atoms with Gasteiger partial charge >= 0.3 is 6.36 Å². The van der Waals surface area contributed by atoms with Gasteiger partial charge in [-0.1, -0.05) is 44.9 Å². The van der Waals surface area contributed by atoms with E-state index in [0.29, 0.717) is 12.0 Å². The first kappa shape index (κ1) is 17.3. The van der Waals surface area contributed by atoms with Gasteiger partial charge in [0.05, 0.1) is 0 Å². The van der Waals surface area contributed by atoms with Crippen molar-refractivity contribution in [3.05, 3.63) is 29.8 Å². The lowest BCUT2D eigenvalue weighted by Gasteiger charge is -2.14. The lowest BCUT2D eigenvalue weighted by atomic mass is 10.0. The van der Waals surface area contributed by atoms with E-state index in [1.165, 1.54) is 18.2 Å². The fourth-order valence-corrected chi connectivity index (χ4v) is 2.05. The molecule has 6 heteroatoms. The summed E-state index contributed by atoms with van der Waals surface area (Å²) in [5.41, 5.74) is 0.298. The molecule has 0 saturated carbocycles. The normalized spacial score (nSPS) is 12.8. The minimum absolute atomic E-state index is 0.0178. The molecule has 1 amide bonds. The Bertz CT molecular complexity index is 460. The number of rotatable bonds is 7. The lowest BCUT2D eigenvalue weighted by molar-refractivity contribution is -0.274. The van der Waals surface area contributed by atoms with Gasteiger partial charge in [-0.15, -0.1) is 13.2 Å². The van der Waals surface area contributed by atoms with Gasteiger partial charge in [-0.05, 0) is 12.0 Å². The molecule has 0 bridgehead atoms. The topological polar surface area (TPSA) is 38.3 Å². The number of benzene rings is 1. The van der Waals surface area contributed by atoms with E-state index in [2.05, 4.69) is 10.1 Å². The van der Waals surface area contributed by atoms with E-state index in [9.17, 15) is 18.0 Å². The molecule has 1 unspecified atom stereocenters. The predicted molar refractivity (Wildman–Crippen MR) is 73.7 cm³/mol. The summed E-state index contributed by atoms with van der Waals surface area (Å²) in [6.45, 7) is 4.03. The van der Waals surface area contributed by atoms with Gasteiger partial charge < -0.3 is 10.1 Å². The van der Waals surface area contributed by atoms with Gasteiger partial charge in [0.2, 0.25) is 5.91 Å². The molecule has 118 valence electrons. The van der Waals surface area contributed by atoms with Crippen LogP contribution in [0.3, 0.4) is 0 Å². The second-order valence-electron chi connectivity index (χ2n) is 5.03. The van der Waals surface area contributed by atoms with E-state index in [1.807, 2.05) is 13.8 Å². The number of carbonyl (C=O) groups excluding carboxylic acids is 1. The number of para-hydroxylation sites is 1. The summed E-state index contributed by atoms with van der Waals surface area (Å²) >= 11 is 0. The summed E-state index contributed by atoms with van der Waals surface area (Å²) in [4.78, 5) is 11.7. The molecule has 1 atom stereocenters. The van der Waals surface area contributed by atoms with Crippen LogP contribution in [0.5, 0.6) is 5.75 Å². The van der Waals surface area contributed by atoms with Gasteiger partial charge in [0.1, 0.15) is 5.75 Å². The summed E-state index contributed by atoms with van der Waals surface area (Å²) in [7, 11) is 0. The standard InChI is InChI=1S/C15H20F3NO2/c1-3-6-11(2)9-14(20)19-10-12-7-4-5-8-13(12)21-15(16,17)18/h4-5,7-8,11H,3,6,9-10H2,1-2H3,(H,19,20). The van der Waals surface area contributed by atoms with Crippen molar-refractivity contribution >= 4 is 5.91 Å². The number of hydrogen-bond acceptors (Lipinski definition) is 2. The van der Waals surface area contributed by atoms with Crippen molar-refractivity contribution in [1.82, 2.24) is 5.32 Å². The minimum Gasteiger partial charge on any atom is -0.405 e. The molecular weight excluding hydrogens is 283 g/mol. The van der Waals surface area contributed by atoms with E-state index in [4.69, 9.17) is 0 Å². The largest absolute Gasteiger partial charge is 0.573 e. The average Bonchev–Trinajstić information content (AvgIpc) is 2.36. The molecule has 0 radical (unpaired) electrons. The van der Waals surface area contributed by atoms with Crippen LogP contribution in [-0.2, 0) is 11.3 Å². The summed E-state index contributed by atoms with van der Waals surface area (Å²) in [5.74, 6) is -0.193. The van der Waals surface area contributed by atoms with E-state index in [1.54, 1.807) is 6.07 Å². The maximum absolute atomic E-state index is 12.3. The SMILES string of the molecule is CCCC(C)CC(=O)NCc1ccccc1OC(F)(F)F. The van der Waals surface area contributed by atoms with Gasteiger partial charge in [-0.3, -0.25) is 4.79 Å². The van der Waals surface area contributed by atoms with Gasteiger partial charge in [-0.2, -0.15) is 0 Å². The molecule has 1 aromatic rings. The van der Waals surface area contributed by atoms with E-state index in [-0.39, 0.29) is 24.1 Å². The monoisotopic (exact) mass is 303 g/mol. The van der Waals surface area contributed by atoms with Crippen molar-refractivity contribution in [1.29, 1.82) is 0 Å². The van der Waals surface area contributed by atoms with Crippen molar-refractivity contribution in [3.8, 4) is 5.75 Å². The quantitative estimate of drug-likeness (QED) is 0.826. The molecule has 0 aliphatic carbocycles. The number of alkyl halides is 3. The Morgan fingerprint density at radius 2 is 2.00 bits per heavy atom. The number of amides is 1. The Labute approximate surface area is 122 Å². The maximum atomic E-state index is 12.3. The molecule has 0 spiro atoms. The third-order valence-corrected chi connectivity index (χ3v) is 2.99. The van der Waals surface area contributed by atoms with Crippen LogP contribution in [0.1, 0.15) is 38.7 Å². The lowest BCUT2D eigenvalue weighted by Crippen LogP contribution is -2.25. The van der Waals surface area contributed by atoms with E-state index >= 15 is 0 Å².